The zero-order valence-corrected chi connectivity index (χ0v) is 11.2. The van der Waals surface area contributed by atoms with E-state index in [1.807, 2.05) is 60.7 Å². The van der Waals surface area contributed by atoms with E-state index < -0.39 is 4.75 Å². The zero-order chi connectivity index (χ0) is 12.8. The van der Waals surface area contributed by atoms with Gasteiger partial charge in [-0.05, 0) is 24.1 Å². The number of benzene rings is 2. The number of carbonyl (C=O) groups is 1. The second-order valence-electron chi connectivity index (χ2n) is 4.14. The smallest absolute Gasteiger partial charge is 0.140 e. The Bertz CT molecular complexity index is 495. The van der Waals surface area contributed by atoms with E-state index in [0.29, 0.717) is 0 Å². The molecule has 1 nitrogen and oxygen atoms in total. The van der Waals surface area contributed by atoms with Gasteiger partial charge in [0.05, 0.1) is 0 Å². The third-order valence-corrected chi connectivity index (χ3v) is 4.51. The zero-order valence-electron chi connectivity index (χ0n) is 10.4. The summed E-state index contributed by atoms with van der Waals surface area (Å²) in [5.41, 5.74) is 1.07. The van der Waals surface area contributed by atoms with Crippen molar-refractivity contribution in [1.29, 1.82) is 0 Å². The first-order valence-corrected chi connectivity index (χ1v) is 6.88. The number of rotatable bonds is 5. The maximum Gasteiger partial charge on any atom is 0.140 e. The fraction of sp³-hybridized carbons (Fsp3) is 0.188. The molecule has 1 atom stereocenters. The van der Waals surface area contributed by atoms with Crippen LogP contribution in [0.4, 0.5) is 0 Å². The van der Waals surface area contributed by atoms with E-state index in [1.165, 1.54) is 0 Å². The minimum atomic E-state index is -0.484. The molecule has 0 bridgehead atoms. The van der Waals surface area contributed by atoms with E-state index >= 15 is 0 Å². The maximum atomic E-state index is 11.6. The fourth-order valence-corrected chi connectivity index (χ4v) is 3.09. The molecule has 0 heterocycles. The molecule has 0 spiro atoms. The number of hydrogen-bond acceptors (Lipinski definition) is 2. The molecule has 0 aliphatic rings. The van der Waals surface area contributed by atoms with Crippen molar-refractivity contribution in [2.24, 2.45) is 0 Å². The van der Waals surface area contributed by atoms with Crippen molar-refractivity contribution in [2.45, 2.75) is 23.0 Å². The summed E-state index contributed by atoms with van der Waals surface area (Å²) in [6.45, 7) is 2.05. The molecule has 0 aromatic heterocycles. The quantitative estimate of drug-likeness (QED) is 0.586. The van der Waals surface area contributed by atoms with Crippen molar-refractivity contribution >= 4 is 18.0 Å². The van der Waals surface area contributed by atoms with Crippen LogP contribution in [-0.4, -0.2) is 6.29 Å². The third-order valence-electron chi connectivity index (χ3n) is 3.02. The second kappa shape index (κ2) is 5.87. The average molecular weight is 256 g/mol. The molecule has 2 aromatic carbocycles. The molecular formula is C16H16OS. The highest BCUT2D eigenvalue weighted by molar-refractivity contribution is 8.00. The molecule has 2 heteroatoms. The lowest BCUT2D eigenvalue weighted by molar-refractivity contribution is -0.110. The predicted molar refractivity (Wildman–Crippen MR) is 76.8 cm³/mol. The SMILES string of the molecule is CC[C@](C=O)(Sc1ccccc1)c1ccccc1. The minimum absolute atomic E-state index is 0.484. The van der Waals surface area contributed by atoms with Gasteiger partial charge in [-0.1, -0.05) is 55.5 Å². The van der Waals surface area contributed by atoms with Crippen molar-refractivity contribution in [3.8, 4) is 0 Å². The van der Waals surface area contributed by atoms with Crippen molar-refractivity contribution in [3.63, 3.8) is 0 Å². The number of hydrogen-bond donors (Lipinski definition) is 0. The standard InChI is InChI=1S/C16H16OS/c1-2-16(13-17,14-9-5-3-6-10-14)18-15-11-7-4-8-12-15/h3-13H,2H2,1H3/t16-/m1/s1. The summed E-state index contributed by atoms with van der Waals surface area (Å²) < 4.78 is -0.484. The van der Waals surface area contributed by atoms with Crippen molar-refractivity contribution in [1.82, 2.24) is 0 Å². The van der Waals surface area contributed by atoms with Crippen molar-refractivity contribution in [2.75, 3.05) is 0 Å². The molecule has 0 saturated carbocycles. The minimum Gasteiger partial charge on any atom is -0.301 e. The molecule has 0 aliphatic carbocycles. The van der Waals surface area contributed by atoms with E-state index in [1.54, 1.807) is 11.8 Å². The summed E-state index contributed by atoms with van der Waals surface area (Å²) in [5.74, 6) is 0. The third kappa shape index (κ3) is 2.65. The number of carbonyl (C=O) groups excluding carboxylic acids is 1. The van der Waals surface area contributed by atoms with Crippen molar-refractivity contribution < 1.29 is 4.79 Å². The van der Waals surface area contributed by atoms with Gasteiger partial charge in [0.1, 0.15) is 11.0 Å². The first-order chi connectivity index (χ1) is 8.80. The van der Waals surface area contributed by atoms with Gasteiger partial charge >= 0.3 is 0 Å². The van der Waals surface area contributed by atoms with Gasteiger partial charge in [0.25, 0.3) is 0 Å². The highest BCUT2D eigenvalue weighted by Gasteiger charge is 2.31. The first-order valence-electron chi connectivity index (χ1n) is 6.06. The number of aldehydes is 1. The Morgan fingerprint density at radius 1 is 1.00 bits per heavy atom. The highest BCUT2D eigenvalue weighted by atomic mass is 32.2. The van der Waals surface area contributed by atoms with Crippen LogP contribution in [-0.2, 0) is 9.54 Å². The van der Waals surface area contributed by atoms with Crippen LogP contribution < -0.4 is 0 Å². The summed E-state index contributed by atoms with van der Waals surface area (Å²) in [7, 11) is 0. The molecule has 0 radical (unpaired) electrons. The van der Waals surface area contributed by atoms with Crippen LogP contribution in [0.15, 0.2) is 65.6 Å². The Balaban J connectivity index is 2.36. The van der Waals surface area contributed by atoms with Crippen LogP contribution in [0, 0.1) is 0 Å². The molecule has 0 N–H and O–H groups in total. The molecule has 2 rings (SSSR count). The van der Waals surface area contributed by atoms with Gasteiger partial charge < -0.3 is 4.79 Å². The lowest BCUT2D eigenvalue weighted by Gasteiger charge is -2.26. The second-order valence-corrected chi connectivity index (χ2v) is 5.55. The molecular weight excluding hydrogens is 240 g/mol. The summed E-state index contributed by atoms with van der Waals surface area (Å²) in [4.78, 5) is 12.8. The summed E-state index contributed by atoms with van der Waals surface area (Å²) >= 11 is 1.62. The molecule has 0 aliphatic heterocycles. The van der Waals surface area contributed by atoms with Crippen LogP contribution in [0.3, 0.4) is 0 Å². The molecule has 0 fully saturated rings. The molecule has 92 valence electrons. The summed E-state index contributed by atoms with van der Waals surface area (Å²) in [6.07, 6.45) is 1.85. The lowest BCUT2D eigenvalue weighted by Crippen LogP contribution is -2.22. The molecule has 18 heavy (non-hydrogen) atoms. The van der Waals surface area contributed by atoms with Gasteiger partial charge in [0, 0.05) is 4.90 Å². The average Bonchev–Trinajstić information content (AvgIpc) is 2.47. The van der Waals surface area contributed by atoms with E-state index in [0.717, 1.165) is 23.2 Å². The molecule has 0 unspecified atom stereocenters. The maximum absolute atomic E-state index is 11.6. The summed E-state index contributed by atoms with van der Waals surface area (Å²) in [6, 6.07) is 20.1. The number of thioether (sulfide) groups is 1. The van der Waals surface area contributed by atoms with E-state index in [9.17, 15) is 4.79 Å². The fourth-order valence-electron chi connectivity index (χ4n) is 1.93. The molecule has 0 amide bonds. The van der Waals surface area contributed by atoms with Gasteiger partial charge in [-0.2, -0.15) is 0 Å². The largest absolute Gasteiger partial charge is 0.301 e. The monoisotopic (exact) mass is 256 g/mol. The van der Waals surface area contributed by atoms with Gasteiger partial charge in [0.15, 0.2) is 0 Å². The van der Waals surface area contributed by atoms with Gasteiger partial charge in [-0.3, -0.25) is 0 Å². The van der Waals surface area contributed by atoms with Crippen LogP contribution in [0.1, 0.15) is 18.9 Å². The van der Waals surface area contributed by atoms with Gasteiger partial charge in [0.2, 0.25) is 0 Å². The van der Waals surface area contributed by atoms with Crippen LogP contribution in [0.25, 0.3) is 0 Å². The Hall–Kier alpha value is -1.54. The lowest BCUT2D eigenvalue weighted by atomic mass is 9.97. The van der Waals surface area contributed by atoms with Crippen LogP contribution in [0.5, 0.6) is 0 Å². The predicted octanol–water partition coefficient (Wildman–Crippen LogP) is 4.28. The Kier molecular flexibility index (Phi) is 4.21. The van der Waals surface area contributed by atoms with Gasteiger partial charge in [-0.25, -0.2) is 0 Å². The first kappa shape index (κ1) is 12.9. The molecule has 2 aromatic rings. The van der Waals surface area contributed by atoms with E-state index in [2.05, 4.69) is 6.92 Å². The van der Waals surface area contributed by atoms with Crippen LogP contribution >= 0.6 is 11.8 Å². The Morgan fingerprint density at radius 3 is 2.06 bits per heavy atom. The van der Waals surface area contributed by atoms with E-state index in [-0.39, 0.29) is 0 Å². The summed E-state index contributed by atoms with van der Waals surface area (Å²) in [5, 5.41) is 0. The van der Waals surface area contributed by atoms with Gasteiger partial charge in [-0.15, -0.1) is 11.8 Å². The Morgan fingerprint density at radius 2 is 1.56 bits per heavy atom. The highest BCUT2D eigenvalue weighted by Crippen LogP contribution is 2.42. The van der Waals surface area contributed by atoms with Crippen molar-refractivity contribution in [3.05, 3.63) is 66.2 Å². The van der Waals surface area contributed by atoms with E-state index in [4.69, 9.17) is 0 Å². The molecule has 0 saturated heterocycles. The van der Waals surface area contributed by atoms with Crippen LogP contribution in [0.2, 0.25) is 0 Å². The normalized spacial score (nSPS) is 13.8. The Labute approximate surface area is 112 Å². The topological polar surface area (TPSA) is 17.1 Å².